The first kappa shape index (κ1) is 16.5. The third-order valence-electron chi connectivity index (χ3n) is 3.52. The molecule has 2 aromatic carbocycles. The number of rotatable bonds is 3. The smallest absolute Gasteiger partial charge is 0.292 e. The van der Waals surface area contributed by atoms with Crippen LogP contribution in [0.1, 0.15) is 11.1 Å². The van der Waals surface area contributed by atoms with Crippen molar-refractivity contribution in [3.63, 3.8) is 0 Å². The molecular weight excluding hydrogens is 352 g/mol. The molecule has 1 N–H and O–H groups in total. The summed E-state index contributed by atoms with van der Waals surface area (Å²) in [5, 5.41) is 24.6. The fourth-order valence-electron chi connectivity index (χ4n) is 2.37. The lowest BCUT2D eigenvalue weighted by atomic mass is 10.1. The Labute approximate surface area is 141 Å². The number of nitrogens with zero attached hydrogens (tertiary/aromatic N) is 3. The standard InChI is InChI=1S/C14H10N4O6S/c1-8-2-5-11(12(6-8)18(21)22)15-14-10-4-3-9(17(19)20)7-13(10)25(23,24)16-14/h2-7H,1H3,(H,15,16). The number of anilines is 1. The first-order valence-electron chi connectivity index (χ1n) is 6.85. The van der Waals surface area contributed by atoms with Crippen LogP contribution < -0.4 is 5.32 Å². The number of nitro benzene ring substituents is 2. The molecule has 11 heteroatoms. The van der Waals surface area contributed by atoms with Crippen molar-refractivity contribution in [2.75, 3.05) is 5.32 Å². The van der Waals surface area contributed by atoms with E-state index in [1.165, 1.54) is 18.2 Å². The van der Waals surface area contributed by atoms with E-state index in [-0.39, 0.29) is 33.4 Å². The van der Waals surface area contributed by atoms with Crippen molar-refractivity contribution in [2.24, 2.45) is 4.40 Å². The molecule has 0 atom stereocenters. The molecule has 0 bridgehead atoms. The summed E-state index contributed by atoms with van der Waals surface area (Å²) in [5.74, 6) is -0.128. The maximum absolute atomic E-state index is 12.1. The van der Waals surface area contributed by atoms with E-state index in [0.29, 0.717) is 5.56 Å². The van der Waals surface area contributed by atoms with Crippen LogP contribution in [0.5, 0.6) is 0 Å². The third-order valence-corrected chi connectivity index (χ3v) is 4.84. The van der Waals surface area contributed by atoms with Gasteiger partial charge in [0.05, 0.1) is 9.85 Å². The van der Waals surface area contributed by atoms with E-state index in [9.17, 15) is 28.6 Å². The second-order valence-corrected chi connectivity index (χ2v) is 6.83. The van der Waals surface area contributed by atoms with Gasteiger partial charge in [-0.2, -0.15) is 8.42 Å². The van der Waals surface area contributed by atoms with Crippen LogP contribution in [0.25, 0.3) is 0 Å². The molecule has 0 saturated heterocycles. The van der Waals surface area contributed by atoms with Crippen LogP contribution in [0.2, 0.25) is 0 Å². The van der Waals surface area contributed by atoms with Crippen LogP contribution >= 0.6 is 0 Å². The lowest BCUT2D eigenvalue weighted by Crippen LogP contribution is -2.13. The SMILES string of the molecule is Cc1ccc(NC2=NS(=O)(=O)c3cc([N+](=O)[O-])ccc32)c([N+](=O)[O-])c1. The van der Waals surface area contributed by atoms with Crippen molar-refractivity contribution in [3.05, 3.63) is 67.8 Å². The van der Waals surface area contributed by atoms with Gasteiger partial charge in [0, 0.05) is 23.8 Å². The molecule has 25 heavy (non-hydrogen) atoms. The Kier molecular flexibility index (Phi) is 3.72. The maximum atomic E-state index is 12.1. The monoisotopic (exact) mass is 362 g/mol. The van der Waals surface area contributed by atoms with Crippen LogP contribution in [0.4, 0.5) is 17.1 Å². The molecule has 2 aromatic rings. The molecule has 128 valence electrons. The summed E-state index contributed by atoms with van der Waals surface area (Å²) in [6, 6.07) is 7.68. The highest BCUT2D eigenvalue weighted by atomic mass is 32.2. The Morgan fingerprint density at radius 1 is 1.04 bits per heavy atom. The Bertz CT molecular complexity index is 1060. The molecule has 0 fully saturated rings. The quantitative estimate of drug-likeness (QED) is 0.651. The van der Waals surface area contributed by atoms with Crippen LogP contribution in [0, 0.1) is 27.2 Å². The molecule has 0 saturated carbocycles. The van der Waals surface area contributed by atoms with Gasteiger partial charge in [0.25, 0.3) is 21.4 Å². The number of nitro groups is 2. The topological polar surface area (TPSA) is 145 Å². The van der Waals surface area contributed by atoms with Crippen molar-refractivity contribution >= 4 is 32.9 Å². The molecule has 1 heterocycles. The van der Waals surface area contributed by atoms with E-state index < -0.39 is 19.9 Å². The van der Waals surface area contributed by atoms with Gasteiger partial charge in [-0.05, 0) is 24.6 Å². The normalized spacial score (nSPS) is 14.5. The van der Waals surface area contributed by atoms with E-state index in [0.717, 1.165) is 12.1 Å². The lowest BCUT2D eigenvalue weighted by molar-refractivity contribution is -0.385. The second-order valence-electron chi connectivity index (χ2n) is 5.26. The maximum Gasteiger partial charge on any atom is 0.292 e. The molecular formula is C14H10N4O6S. The molecule has 1 aliphatic heterocycles. The number of amidine groups is 1. The predicted molar refractivity (Wildman–Crippen MR) is 88.3 cm³/mol. The van der Waals surface area contributed by atoms with Crippen molar-refractivity contribution in [3.8, 4) is 0 Å². The molecule has 3 rings (SSSR count). The first-order valence-corrected chi connectivity index (χ1v) is 8.29. The van der Waals surface area contributed by atoms with Crippen molar-refractivity contribution in [1.29, 1.82) is 0 Å². The van der Waals surface area contributed by atoms with Gasteiger partial charge in [0.2, 0.25) is 0 Å². The zero-order valence-corrected chi connectivity index (χ0v) is 13.5. The summed E-state index contributed by atoms with van der Waals surface area (Å²) in [7, 11) is -4.12. The number of aryl methyl sites for hydroxylation is 1. The molecule has 0 aromatic heterocycles. The number of benzene rings is 2. The van der Waals surface area contributed by atoms with Gasteiger partial charge in [0.1, 0.15) is 10.6 Å². The van der Waals surface area contributed by atoms with Crippen molar-refractivity contribution < 1.29 is 18.3 Å². The van der Waals surface area contributed by atoms with Crippen LogP contribution in [0.3, 0.4) is 0 Å². The predicted octanol–water partition coefficient (Wildman–Crippen LogP) is 2.37. The van der Waals surface area contributed by atoms with Crippen LogP contribution in [-0.2, 0) is 10.0 Å². The summed E-state index contributed by atoms with van der Waals surface area (Å²) in [4.78, 5) is 20.4. The molecule has 0 aliphatic carbocycles. The Hall–Kier alpha value is -3.34. The van der Waals surface area contributed by atoms with Gasteiger partial charge in [0.15, 0.2) is 5.84 Å². The Morgan fingerprint density at radius 2 is 1.76 bits per heavy atom. The molecule has 0 unspecified atom stereocenters. The van der Waals surface area contributed by atoms with Gasteiger partial charge in [-0.1, -0.05) is 6.07 Å². The highest BCUT2D eigenvalue weighted by molar-refractivity contribution is 7.90. The summed E-state index contributed by atoms with van der Waals surface area (Å²) >= 11 is 0. The summed E-state index contributed by atoms with van der Waals surface area (Å²) < 4.78 is 27.8. The second kappa shape index (κ2) is 5.63. The van der Waals surface area contributed by atoms with E-state index in [1.807, 2.05) is 0 Å². The van der Waals surface area contributed by atoms with E-state index in [4.69, 9.17) is 0 Å². The fourth-order valence-corrected chi connectivity index (χ4v) is 3.56. The summed E-state index contributed by atoms with van der Waals surface area (Å²) in [5.41, 5.74) is 0.209. The number of hydrogen-bond acceptors (Lipinski definition) is 7. The van der Waals surface area contributed by atoms with E-state index >= 15 is 0 Å². The zero-order valence-electron chi connectivity index (χ0n) is 12.7. The van der Waals surface area contributed by atoms with E-state index in [2.05, 4.69) is 9.71 Å². The first-order chi connectivity index (χ1) is 11.7. The van der Waals surface area contributed by atoms with Gasteiger partial charge >= 0.3 is 0 Å². The van der Waals surface area contributed by atoms with Crippen molar-refractivity contribution in [2.45, 2.75) is 11.8 Å². The molecule has 0 radical (unpaired) electrons. The van der Waals surface area contributed by atoms with Gasteiger partial charge in [-0.3, -0.25) is 20.2 Å². The highest BCUT2D eigenvalue weighted by Crippen LogP contribution is 2.32. The molecule has 0 amide bonds. The highest BCUT2D eigenvalue weighted by Gasteiger charge is 2.32. The number of nitrogens with one attached hydrogen (secondary N) is 1. The van der Waals surface area contributed by atoms with Gasteiger partial charge < -0.3 is 5.32 Å². The average Bonchev–Trinajstić information content (AvgIpc) is 2.79. The number of sulfonamides is 1. The van der Waals surface area contributed by atoms with E-state index in [1.54, 1.807) is 13.0 Å². The number of non-ortho nitro benzene ring substituents is 1. The average molecular weight is 362 g/mol. The number of fused-ring (bicyclic) bond motifs is 1. The Balaban J connectivity index is 2.08. The van der Waals surface area contributed by atoms with Crippen molar-refractivity contribution in [1.82, 2.24) is 0 Å². The zero-order chi connectivity index (χ0) is 18.4. The lowest BCUT2D eigenvalue weighted by Gasteiger charge is -2.07. The van der Waals surface area contributed by atoms with Gasteiger partial charge in [-0.15, -0.1) is 4.40 Å². The molecule has 0 spiro atoms. The minimum Gasteiger partial charge on any atom is -0.333 e. The molecule has 1 aliphatic rings. The minimum atomic E-state index is -4.12. The van der Waals surface area contributed by atoms with Crippen LogP contribution in [0.15, 0.2) is 45.7 Å². The van der Waals surface area contributed by atoms with Gasteiger partial charge in [-0.25, -0.2) is 0 Å². The Morgan fingerprint density at radius 3 is 2.40 bits per heavy atom. The fraction of sp³-hybridized carbons (Fsp3) is 0.0714. The molecule has 10 nitrogen and oxygen atoms in total. The third kappa shape index (κ3) is 2.92. The van der Waals surface area contributed by atoms with Crippen LogP contribution in [-0.4, -0.2) is 24.1 Å². The number of hydrogen-bond donors (Lipinski definition) is 1. The largest absolute Gasteiger partial charge is 0.333 e. The summed E-state index contributed by atoms with van der Waals surface area (Å²) in [6.45, 7) is 1.68. The summed E-state index contributed by atoms with van der Waals surface area (Å²) in [6.07, 6.45) is 0. The minimum absolute atomic E-state index is 0.0655.